The van der Waals surface area contributed by atoms with E-state index in [0.29, 0.717) is 18.6 Å². The van der Waals surface area contributed by atoms with Crippen molar-refractivity contribution >= 4 is 27.6 Å². The third-order valence-electron chi connectivity index (χ3n) is 7.69. The Morgan fingerprint density at radius 3 is 1.69 bits per heavy atom. The molecule has 4 heterocycles. The largest absolute Gasteiger partial charge is 0.357 e. The molecule has 4 aromatic rings. The summed E-state index contributed by atoms with van der Waals surface area (Å²) in [6, 6.07) is 17.3. The minimum atomic E-state index is 0.120. The highest BCUT2D eigenvalue weighted by Gasteiger charge is 2.33. The van der Waals surface area contributed by atoms with Crippen molar-refractivity contribution in [1.29, 1.82) is 0 Å². The van der Waals surface area contributed by atoms with Gasteiger partial charge in [0, 0.05) is 59.1 Å². The van der Waals surface area contributed by atoms with E-state index in [1.165, 1.54) is 44.3 Å². The Hall–Kier alpha value is -2.89. The van der Waals surface area contributed by atoms with E-state index in [9.17, 15) is 4.79 Å². The van der Waals surface area contributed by atoms with Gasteiger partial charge in [0.15, 0.2) is 0 Å². The minimum absolute atomic E-state index is 0.120. The average Bonchev–Trinajstić information content (AvgIpc) is 3.36. The fourth-order valence-electron chi connectivity index (χ4n) is 5.91. The number of hydrogen-bond acceptors (Lipinski definition) is 3. The zero-order valence-electron chi connectivity index (χ0n) is 18.8. The van der Waals surface area contributed by atoms with Gasteiger partial charge in [-0.15, -0.1) is 0 Å². The summed E-state index contributed by atoms with van der Waals surface area (Å²) >= 11 is 0. The van der Waals surface area contributed by atoms with Crippen LogP contribution in [0, 0.1) is 0 Å². The summed E-state index contributed by atoms with van der Waals surface area (Å²) < 4.78 is 0. The van der Waals surface area contributed by atoms with Crippen molar-refractivity contribution in [1.82, 2.24) is 19.8 Å². The summed E-state index contributed by atoms with van der Waals surface area (Å²) in [6.07, 6.45) is 3.17. The van der Waals surface area contributed by atoms with Crippen LogP contribution in [0.25, 0.3) is 21.8 Å². The van der Waals surface area contributed by atoms with E-state index in [2.05, 4.69) is 82.4 Å². The van der Waals surface area contributed by atoms with Crippen LogP contribution in [0.1, 0.15) is 47.4 Å². The lowest BCUT2D eigenvalue weighted by Crippen LogP contribution is -2.36. The first-order chi connectivity index (χ1) is 15.6. The molecule has 32 heavy (non-hydrogen) atoms. The van der Waals surface area contributed by atoms with Crippen LogP contribution in [-0.2, 0) is 17.6 Å². The Morgan fingerprint density at radius 2 is 1.22 bits per heavy atom. The van der Waals surface area contributed by atoms with E-state index < -0.39 is 0 Å². The molecule has 0 saturated carbocycles. The molecule has 0 aliphatic carbocycles. The molecular formula is C27H30N4O. The molecule has 2 N–H and O–H groups in total. The van der Waals surface area contributed by atoms with Crippen molar-refractivity contribution in [2.45, 2.75) is 37.8 Å². The molecular weight excluding hydrogens is 396 g/mol. The van der Waals surface area contributed by atoms with Crippen LogP contribution in [0.4, 0.5) is 0 Å². The topological polar surface area (TPSA) is 55.1 Å². The van der Waals surface area contributed by atoms with Gasteiger partial charge in [-0.1, -0.05) is 36.4 Å². The van der Waals surface area contributed by atoms with Crippen LogP contribution < -0.4 is 0 Å². The highest BCUT2D eigenvalue weighted by molar-refractivity contribution is 5.87. The monoisotopic (exact) mass is 426 g/mol. The molecule has 0 fully saturated rings. The highest BCUT2D eigenvalue weighted by Crippen LogP contribution is 2.38. The summed E-state index contributed by atoms with van der Waals surface area (Å²) in [5, 5.41) is 2.62. The predicted molar refractivity (Wildman–Crippen MR) is 129 cm³/mol. The molecule has 0 unspecified atom stereocenters. The Balaban J connectivity index is 1.28. The summed E-state index contributed by atoms with van der Waals surface area (Å²) in [4.78, 5) is 25.4. The van der Waals surface area contributed by atoms with Gasteiger partial charge in [-0.25, -0.2) is 0 Å². The number of rotatable bonds is 4. The fraction of sp³-hybridized carbons (Fsp3) is 0.370. The molecule has 6 rings (SSSR count). The van der Waals surface area contributed by atoms with E-state index >= 15 is 0 Å². The number of fused-ring (bicyclic) bond motifs is 6. The number of benzene rings is 2. The van der Waals surface area contributed by atoms with E-state index in [-0.39, 0.29) is 12.1 Å². The summed E-state index contributed by atoms with van der Waals surface area (Å²) in [5.74, 6) is 0.330. The van der Waals surface area contributed by atoms with Crippen molar-refractivity contribution in [2.24, 2.45) is 0 Å². The Bertz CT molecular complexity index is 1220. The number of para-hydroxylation sites is 2. The van der Waals surface area contributed by atoms with Crippen molar-refractivity contribution in [3.05, 3.63) is 71.0 Å². The Morgan fingerprint density at radius 1 is 0.781 bits per heavy atom. The fourth-order valence-corrected chi connectivity index (χ4v) is 5.91. The molecule has 2 aromatic carbocycles. The van der Waals surface area contributed by atoms with E-state index in [4.69, 9.17) is 0 Å². The molecule has 0 amide bonds. The lowest BCUT2D eigenvalue weighted by atomic mass is 9.90. The Labute approximate surface area is 188 Å². The molecule has 2 atom stereocenters. The Kier molecular flexibility index (Phi) is 4.70. The summed E-state index contributed by atoms with van der Waals surface area (Å²) in [5.41, 5.74) is 7.61. The number of aromatic nitrogens is 2. The lowest BCUT2D eigenvalue weighted by molar-refractivity contribution is -0.121. The first-order valence-electron chi connectivity index (χ1n) is 11.7. The van der Waals surface area contributed by atoms with Gasteiger partial charge in [0.05, 0.1) is 12.1 Å². The van der Waals surface area contributed by atoms with Crippen LogP contribution in [-0.4, -0.2) is 52.7 Å². The number of carbonyl (C=O) groups excluding carboxylic acids is 1. The molecule has 2 aromatic heterocycles. The second-order valence-corrected chi connectivity index (χ2v) is 9.57. The molecule has 2 aliphatic heterocycles. The second kappa shape index (κ2) is 7.61. The summed E-state index contributed by atoms with van der Waals surface area (Å²) in [7, 11) is 4.30. The molecule has 0 radical (unpaired) electrons. The van der Waals surface area contributed by atoms with Crippen LogP contribution in [0.3, 0.4) is 0 Å². The number of nitrogens with zero attached hydrogens (tertiary/aromatic N) is 2. The number of carbonyl (C=O) groups is 1. The van der Waals surface area contributed by atoms with Gasteiger partial charge < -0.3 is 9.97 Å². The zero-order chi connectivity index (χ0) is 21.8. The maximum absolute atomic E-state index is 13.4. The maximum Gasteiger partial charge on any atom is 0.136 e. The second-order valence-electron chi connectivity index (χ2n) is 9.57. The molecule has 5 heteroatoms. The van der Waals surface area contributed by atoms with Crippen LogP contribution in [0.2, 0.25) is 0 Å². The zero-order valence-corrected chi connectivity index (χ0v) is 18.8. The quantitative estimate of drug-likeness (QED) is 0.495. The average molecular weight is 427 g/mol. The first kappa shape index (κ1) is 19.8. The van der Waals surface area contributed by atoms with Crippen LogP contribution in [0.15, 0.2) is 48.5 Å². The number of ketones is 1. The third kappa shape index (κ3) is 3.11. The number of nitrogens with one attached hydrogen (secondary N) is 2. The normalized spacial score (nSPS) is 21.7. The number of aromatic amines is 2. The molecule has 5 nitrogen and oxygen atoms in total. The van der Waals surface area contributed by atoms with E-state index in [0.717, 1.165) is 25.9 Å². The summed E-state index contributed by atoms with van der Waals surface area (Å²) in [6.45, 7) is 1.98. The van der Waals surface area contributed by atoms with Gasteiger partial charge in [0.1, 0.15) is 5.78 Å². The first-order valence-corrected chi connectivity index (χ1v) is 11.7. The number of likely N-dealkylation sites (N-methyl/N-ethyl adjacent to an activating group) is 2. The van der Waals surface area contributed by atoms with Crippen molar-refractivity contribution in [3.63, 3.8) is 0 Å². The van der Waals surface area contributed by atoms with E-state index in [1.54, 1.807) is 0 Å². The molecule has 164 valence electrons. The molecule has 0 bridgehead atoms. The lowest BCUT2D eigenvalue weighted by Gasteiger charge is -2.34. The SMILES string of the molecule is CN1CCc2c([nH]c3ccccc23)[C@H]1CC(=O)C[C@H]1c2[nH]c3ccccc3c2CCN1C. The van der Waals surface area contributed by atoms with Gasteiger partial charge >= 0.3 is 0 Å². The van der Waals surface area contributed by atoms with Gasteiger partial charge in [0.2, 0.25) is 0 Å². The molecule has 0 saturated heterocycles. The minimum Gasteiger partial charge on any atom is -0.357 e. The van der Waals surface area contributed by atoms with E-state index in [1.807, 2.05) is 0 Å². The highest BCUT2D eigenvalue weighted by atomic mass is 16.1. The van der Waals surface area contributed by atoms with Crippen LogP contribution >= 0.6 is 0 Å². The number of hydrogen-bond donors (Lipinski definition) is 2. The number of Topliss-reactive ketones (excluding diaryl/α,β-unsaturated/α-hetero) is 1. The van der Waals surface area contributed by atoms with Crippen molar-refractivity contribution in [3.8, 4) is 0 Å². The standard InChI is InChI=1S/C27H30N4O/c1-30-13-11-20-18-7-3-5-9-22(18)28-26(20)24(30)15-17(32)16-25-27-21(12-14-31(25)2)19-8-4-6-10-23(19)29-27/h3-10,24-25,28-29H,11-16H2,1-2H3/t24-,25+. The van der Waals surface area contributed by atoms with Gasteiger partial charge in [-0.3, -0.25) is 14.6 Å². The molecule has 0 spiro atoms. The van der Waals surface area contributed by atoms with Gasteiger partial charge in [-0.2, -0.15) is 0 Å². The van der Waals surface area contributed by atoms with Crippen molar-refractivity contribution in [2.75, 3.05) is 27.2 Å². The maximum atomic E-state index is 13.4. The van der Waals surface area contributed by atoms with Crippen molar-refractivity contribution < 1.29 is 4.79 Å². The smallest absolute Gasteiger partial charge is 0.136 e. The molecule has 2 aliphatic rings. The van der Waals surface area contributed by atoms with Gasteiger partial charge in [0.25, 0.3) is 0 Å². The van der Waals surface area contributed by atoms with Crippen LogP contribution in [0.5, 0.6) is 0 Å². The third-order valence-corrected chi connectivity index (χ3v) is 7.69. The number of H-pyrrole nitrogens is 2. The van der Waals surface area contributed by atoms with Gasteiger partial charge in [-0.05, 0) is 50.2 Å². The predicted octanol–water partition coefficient (Wildman–Crippen LogP) is 4.76.